The maximum absolute atomic E-state index is 5.96. The SMILES string of the molecule is Cn1c(Cl)nc(Cl)c1CNCc1ccsc1. The Balaban J connectivity index is 1.95. The number of nitrogens with zero attached hydrogens (tertiary/aromatic N) is 2. The first-order valence-corrected chi connectivity index (χ1v) is 6.46. The van der Waals surface area contributed by atoms with Gasteiger partial charge in [0.05, 0.1) is 5.69 Å². The highest BCUT2D eigenvalue weighted by Crippen LogP contribution is 2.19. The molecule has 0 bridgehead atoms. The molecule has 0 amide bonds. The molecule has 2 heterocycles. The van der Waals surface area contributed by atoms with Crippen molar-refractivity contribution >= 4 is 34.5 Å². The van der Waals surface area contributed by atoms with Crippen molar-refractivity contribution in [2.24, 2.45) is 7.05 Å². The van der Waals surface area contributed by atoms with Crippen LogP contribution >= 0.6 is 34.5 Å². The number of halogens is 2. The Morgan fingerprint density at radius 3 is 2.81 bits per heavy atom. The molecule has 0 saturated carbocycles. The highest BCUT2D eigenvalue weighted by atomic mass is 35.5. The molecule has 0 aliphatic carbocycles. The van der Waals surface area contributed by atoms with Crippen LogP contribution in [0.4, 0.5) is 0 Å². The fourth-order valence-electron chi connectivity index (χ4n) is 1.38. The molecule has 2 aromatic rings. The van der Waals surface area contributed by atoms with Crippen molar-refractivity contribution in [3.8, 4) is 0 Å². The van der Waals surface area contributed by atoms with E-state index in [4.69, 9.17) is 23.2 Å². The van der Waals surface area contributed by atoms with Gasteiger partial charge in [0, 0.05) is 20.1 Å². The quantitative estimate of drug-likeness (QED) is 0.930. The molecule has 0 atom stereocenters. The molecule has 0 fully saturated rings. The molecule has 0 unspecified atom stereocenters. The molecule has 0 radical (unpaired) electrons. The van der Waals surface area contributed by atoms with E-state index in [1.165, 1.54) is 5.56 Å². The molecule has 2 rings (SSSR count). The molecule has 0 aromatic carbocycles. The van der Waals surface area contributed by atoms with Crippen molar-refractivity contribution in [1.29, 1.82) is 0 Å². The minimum atomic E-state index is 0.414. The number of rotatable bonds is 4. The van der Waals surface area contributed by atoms with Crippen molar-refractivity contribution in [1.82, 2.24) is 14.9 Å². The van der Waals surface area contributed by atoms with Crippen LogP contribution in [0.15, 0.2) is 16.8 Å². The Morgan fingerprint density at radius 1 is 1.44 bits per heavy atom. The highest BCUT2D eigenvalue weighted by Gasteiger charge is 2.10. The molecule has 0 saturated heterocycles. The summed E-state index contributed by atoms with van der Waals surface area (Å²) in [6, 6.07) is 2.09. The lowest BCUT2D eigenvalue weighted by atomic mass is 10.3. The molecule has 0 spiro atoms. The lowest BCUT2D eigenvalue weighted by Gasteiger charge is -2.05. The Kier molecular flexibility index (Phi) is 3.86. The Hall–Kier alpha value is -0.550. The van der Waals surface area contributed by atoms with E-state index in [0.717, 1.165) is 12.2 Å². The van der Waals surface area contributed by atoms with Gasteiger partial charge in [0.2, 0.25) is 5.28 Å². The zero-order chi connectivity index (χ0) is 11.5. The van der Waals surface area contributed by atoms with Gasteiger partial charge in [-0.15, -0.1) is 0 Å². The van der Waals surface area contributed by atoms with E-state index in [0.29, 0.717) is 17.0 Å². The monoisotopic (exact) mass is 275 g/mol. The summed E-state index contributed by atoms with van der Waals surface area (Å²) in [4.78, 5) is 3.98. The van der Waals surface area contributed by atoms with Crippen LogP contribution in [0, 0.1) is 0 Å². The smallest absolute Gasteiger partial charge is 0.204 e. The summed E-state index contributed by atoms with van der Waals surface area (Å²) >= 11 is 13.5. The molecule has 16 heavy (non-hydrogen) atoms. The second kappa shape index (κ2) is 5.19. The Labute approximate surface area is 108 Å². The van der Waals surface area contributed by atoms with E-state index < -0.39 is 0 Å². The summed E-state index contributed by atoms with van der Waals surface area (Å²) in [5.74, 6) is 0. The second-order valence-corrected chi connectivity index (χ2v) is 4.89. The number of hydrogen-bond acceptors (Lipinski definition) is 3. The van der Waals surface area contributed by atoms with Crippen LogP contribution in [0.5, 0.6) is 0 Å². The Morgan fingerprint density at radius 2 is 2.25 bits per heavy atom. The van der Waals surface area contributed by atoms with E-state index in [1.54, 1.807) is 15.9 Å². The van der Waals surface area contributed by atoms with E-state index in [9.17, 15) is 0 Å². The maximum Gasteiger partial charge on any atom is 0.204 e. The van der Waals surface area contributed by atoms with Gasteiger partial charge in [-0.3, -0.25) is 0 Å². The van der Waals surface area contributed by atoms with Crippen molar-refractivity contribution in [2.45, 2.75) is 13.1 Å². The number of imidazole rings is 1. The van der Waals surface area contributed by atoms with Crippen molar-refractivity contribution in [3.63, 3.8) is 0 Å². The van der Waals surface area contributed by atoms with Crippen LogP contribution in [-0.2, 0) is 20.1 Å². The minimum Gasteiger partial charge on any atom is -0.319 e. The fraction of sp³-hybridized carbons (Fsp3) is 0.300. The first-order valence-electron chi connectivity index (χ1n) is 4.77. The van der Waals surface area contributed by atoms with Gasteiger partial charge in [-0.05, 0) is 34.0 Å². The zero-order valence-electron chi connectivity index (χ0n) is 8.70. The summed E-state index contributed by atoms with van der Waals surface area (Å²) in [6.45, 7) is 1.48. The van der Waals surface area contributed by atoms with E-state index >= 15 is 0 Å². The average molecular weight is 276 g/mol. The van der Waals surface area contributed by atoms with Gasteiger partial charge >= 0.3 is 0 Å². The van der Waals surface area contributed by atoms with E-state index in [2.05, 4.69) is 27.1 Å². The standard InChI is InChI=1S/C10H11Cl2N3S/c1-15-8(9(11)14-10(15)12)5-13-4-7-2-3-16-6-7/h2-3,6,13H,4-5H2,1H3. The van der Waals surface area contributed by atoms with Crippen LogP contribution in [-0.4, -0.2) is 9.55 Å². The molecule has 0 aliphatic heterocycles. The van der Waals surface area contributed by atoms with Gasteiger partial charge < -0.3 is 9.88 Å². The molecule has 86 valence electrons. The molecule has 2 aromatic heterocycles. The van der Waals surface area contributed by atoms with Gasteiger partial charge in [0.1, 0.15) is 0 Å². The number of aromatic nitrogens is 2. The number of nitrogens with one attached hydrogen (secondary N) is 1. The minimum absolute atomic E-state index is 0.414. The normalized spacial score (nSPS) is 10.9. The summed E-state index contributed by atoms with van der Waals surface area (Å²) < 4.78 is 1.78. The molecular formula is C10H11Cl2N3S. The lowest BCUT2D eigenvalue weighted by molar-refractivity contribution is 0.656. The van der Waals surface area contributed by atoms with E-state index in [1.807, 2.05) is 7.05 Å². The second-order valence-electron chi connectivity index (χ2n) is 3.41. The Bertz CT molecular complexity index is 465. The topological polar surface area (TPSA) is 29.9 Å². The van der Waals surface area contributed by atoms with Crippen molar-refractivity contribution in [2.75, 3.05) is 0 Å². The van der Waals surface area contributed by atoms with Gasteiger partial charge in [0.15, 0.2) is 5.15 Å². The zero-order valence-corrected chi connectivity index (χ0v) is 11.0. The highest BCUT2D eigenvalue weighted by molar-refractivity contribution is 7.07. The van der Waals surface area contributed by atoms with Gasteiger partial charge in [-0.2, -0.15) is 11.3 Å². The van der Waals surface area contributed by atoms with E-state index in [-0.39, 0.29) is 0 Å². The third-order valence-electron chi connectivity index (χ3n) is 2.31. The third-order valence-corrected chi connectivity index (χ3v) is 3.68. The summed E-state index contributed by atoms with van der Waals surface area (Å²) in [5.41, 5.74) is 2.18. The largest absolute Gasteiger partial charge is 0.319 e. The molecule has 6 heteroatoms. The van der Waals surface area contributed by atoms with Crippen molar-refractivity contribution < 1.29 is 0 Å². The summed E-state index contributed by atoms with van der Waals surface area (Å²) in [5, 5.41) is 8.36. The predicted molar refractivity (Wildman–Crippen MR) is 68.1 cm³/mol. The first-order chi connectivity index (χ1) is 7.68. The van der Waals surface area contributed by atoms with Crippen molar-refractivity contribution in [3.05, 3.63) is 38.5 Å². The number of hydrogen-bond donors (Lipinski definition) is 1. The molecule has 0 aliphatic rings. The van der Waals surface area contributed by atoms with Gasteiger partial charge in [-0.1, -0.05) is 11.6 Å². The molecule has 3 nitrogen and oxygen atoms in total. The average Bonchev–Trinajstić information content (AvgIpc) is 2.82. The van der Waals surface area contributed by atoms with Crippen LogP contribution in [0.1, 0.15) is 11.3 Å². The first kappa shape index (κ1) is 11.9. The maximum atomic E-state index is 5.96. The fourth-order valence-corrected chi connectivity index (χ4v) is 2.55. The van der Waals surface area contributed by atoms with Crippen LogP contribution in [0.2, 0.25) is 10.4 Å². The molecular weight excluding hydrogens is 265 g/mol. The van der Waals surface area contributed by atoms with Gasteiger partial charge in [0.25, 0.3) is 0 Å². The lowest BCUT2D eigenvalue weighted by Crippen LogP contribution is -2.14. The predicted octanol–water partition coefficient (Wildman–Crippen LogP) is 3.08. The van der Waals surface area contributed by atoms with Gasteiger partial charge in [-0.25, -0.2) is 4.98 Å². The summed E-state index contributed by atoms with van der Waals surface area (Å²) in [7, 11) is 1.85. The third kappa shape index (κ3) is 2.58. The summed E-state index contributed by atoms with van der Waals surface area (Å²) in [6.07, 6.45) is 0. The van der Waals surface area contributed by atoms with Crippen LogP contribution < -0.4 is 5.32 Å². The van der Waals surface area contributed by atoms with Crippen LogP contribution in [0.3, 0.4) is 0 Å². The van der Waals surface area contributed by atoms with Crippen LogP contribution in [0.25, 0.3) is 0 Å². The number of thiophene rings is 1. The molecule has 1 N–H and O–H groups in total.